The van der Waals surface area contributed by atoms with E-state index >= 15 is 0 Å². The Labute approximate surface area is 126 Å². The molecule has 0 fully saturated rings. The molecule has 2 aromatic rings. The van der Waals surface area contributed by atoms with Crippen molar-refractivity contribution in [3.05, 3.63) is 61.4 Å². The zero-order valence-corrected chi connectivity index (χ0v) is 13.5. The van der Waals surface area contributed by atoms with Gasteiger partial charge in [-0.05, 0) is 49.6 Å². The van der Waals surface area contributed by atoms with Crippen LogP contribution in [-0.2, 0) is 6.61 Å². The van der Waals surface area contributed by atoms with E-state index in [1.54, 1.807) is 0 Å². The smallest absolute Gasteiger partial charge is 0.148 e. The summed E-state index contributed by atoms with van der Waals surface area (Å²) in [4.78, 5) is 0. The summed E-state index contributed by atoms with van der Waals surface area (Å²) < 4.78 is 8.65. The fourth-order valence-electron chi connectivity index (χ4n) is 1.40. The first-order valence-electron chi connectivity index (χ1n) is 4.98. The Morgan fingerprint density at radius 2 is 1.47 bits per heavy atom. The minimum absolute atomic E-state index is 0.555. The highest BCUT2D eigenvalue weighted by Crippen LogP contribution is 2.36. The van der Waals surface area contributed by atoms with Gasteiger partial charge in [-0.2, -0.15) is 0 Å². The fourth-order valence-corrected chi connectivity index (χ4v) is 3.88. The van der Waals surface area contributed by atoms with Crippen LogP contribution in [0.5, 0.6) is 5.75 Å². The van der Waals surface area contributed by atoms with Crippen molar-refractivity contribution in [2.75, 3.05) is 0 Å². The van der Waals surface area contributed by atoms with Crippen LogP contribution in [0.25, 0.3) is 0 Å². The molecule has 0 atom stereocenters. The Bertz CT molecular complexity index is 488. The summed E-state index contributed by atoms with van der Waals surface area (Å²) in [6.07, 6.45) is 0. The van der Waals surface area contributed by atoms with Gasteiger partial charge in [-0.3, -0.25) is 0 Å². The Hall–Kier alpha value is -0.320. The van der Waals surface area contributed by atoms with Crippen LogP contribution >= 0.6 is 47.8 Å². The molecular weight excluding hydrogens is 412 g/mol. The predicted octanol–water partition coefficient (Wildman–Crippen LogP) is 5.55. The highest BCUT2D eigenvalue weighted by Gasteiger charge is 2.08. The number of hydrogen-bond acceptors (Lipinski definition) is 1. The van der Waals surface area contributed by atoms with Crippen LogP contribution in [0.2, 0.25) is 0 Å². The SMILES string of the molecule is Brc1cc(Br)c(OCc2ccccc2)c(Br)c1. The van der Waals surface area contributed by atoms with Gasteiger partial charge in [0.15, 0.2) is 0 Å². The molecule has 0 unspecified atom stereocenters. The molecule has 0 saturated heterocycles. The fraction of sp³-hybridized carbons (Fsp3) is 0.0769. The van der Waals surface area contributed by atoms with Gasteiger partial charge >= 0.3 is 0 Å². The van der Waals surface area contributed by atoms with Crippen LogP contribution in [0.1, 0.15) is 5.56 Å². The summed E-state index contributed by atoms with van der Waals surface area (Å²) in [5, 5.41) is 0. The first kappa shape index (κ1) is 13.1. The second-order valence-corrected chi connectivity index (χ2v) is 6.10. The monoisotopic (exact) mass is 418 g/mol. The second-order valence-electron chi connectivity index (χ2n) is 3.47. The predicted molar refractivity (Wildman–Crippen MR) is 80.3 cm³/mol. The lowest BCUT2D eigenvalue weighted by atomic mass is 10.2. The summed E-state index contributed by atoms with van der Waals surface area (Å²) in [7, 11) is 0. The van der Waals surface area contributed by atoms with Crippen molar-refractivity contribution in [3.63, 3.8) is 0 Å². The van der Waals surface area contributed by atoms with E-state index in [4.69, 9.17) is 4.74 Å². The van der Waals surface area contributed by atoms with Crippen molar-refractivity contribution in [2.24, 2.45) is 0 Å². The molecule has 4 heteroatoms. The van der Waals surface area contributed by atoms with E-state index < -0.39 is 0 Å². The maximum Gasteiger partial charge on any atom is 0.148 e. The van der Waals surface area contributed by atoms with Gasteiger partial charge < -0.3 is 4.74 Å². The molecule has 0 radical (unpaired) electrons. The average Bonchev–Trinajstić information content (AvgIpc) is 2.29. The van der Waals surface area contributed by atoms with Crippen LogP contribution < -0.4 is 4.74 Å². The summed E-state index contributed by atoms with van der Waals surface area (Å²) in [5.74, 6) is 0.817. The zero-order valence-electron chi connectivity index (χ0n) is 8.79. The Balaban J connectivity index is 2.15. The molecule has 2 rings (SSSR count). The third-order valence-corrected chi connectivity index (χ3v) is 3.82. The molecule has 0 saturated carbocycles. The van der Waals surface area contributed by atoms with Crippen LogP contribution in [0.3, 0.4) is 0 Å². The van der Waals surface area contributed by atoms with Gasteiger partial charge in [0.2, 0.25) is 0 Å². The molecule has 0 aliphatic heterocycles. The number of hydrogen-bond donors (Lipinski definition) is 0. The molecule has 0 N–H and O–H groups in total. The first-order valence-corrected chi connectivity index (χ1v) is 7.36. The molecule has 0 aliphatic carbocycles. The van der Waals surface area contributed by atoms with E-state index in [0.717, 1.165) is 24.7 Å². The molecule has 0 amide bonds. The van der Waals surface area contributed by atoms with Gasteiger partial charge in [0.25, 0.3) is 0 Å². The van der Waals surface area contributed by atoms with E-state index in [1.807, 2.05) is 42.5 Å². The van der Waals surface area contributed by atoms with Crippen molar-refractivity contribution >= 4 is 47.8 Å². The van der Waals surface area contributed by atoms with Crippen LogP contribution in [-0.4, -0.2) is 0 Å². The lowest BCUT2D eigenvalue weighted by molar-refractivity contribution is 0.302. The summed E-state index contributed by atoms with van der Waals surface area (Å²) in [6, 6.07) is 14.0. The van der Waals surface area contributed by atoms with Gasteiger partial charge in [0.1, 0.15) is 12.4 Å². The number of ether oxygens (including phenoxy) is 1. The molecule has 0 aromatic heterocycles. The third-order valence-electron chi connectivity index (χ3n) is 2.19. The maximum atomic E-state index is 5.79. The Morgan fingerprint density at radius 1 is 0.882 bits per heavy atom. The van der Waals surface area contributed by atoms with Gasteiger partial charge in [-0.15, -0.1) is 0 Å². The molecule has 0 heterocycles. The molecule has 17 heavy (non-hydrogen) atoms. The molecular formula is C13H9Br3O. The lowest BCUT2D eigenvalue weighted by Gasteiger charge is -2.10. The molecule has 0 aliphatic rings. The topological polar surface area (TPSA) is 9.23 Å². The quantitative estimate of drug-likeness (QED) is 0.632. The van der Waals surface area contributed by atoms with Gasteiger partial charge in [-0.1, -0.05) is 46.3 Å². The first-order chi connectivity index (χ1) is 8.16. The third kappa shape index (κ3) is 3.57. The van der Waals surface area contributed by atoms with Crippen LogP contribution in [0.15, 0.2) is 55.9 Å². The number of rotatable bonds is 3. The molecule has 0 bridgehead atoms. The molecule has 1 nitrogen and oxygen atoms in total. The normalized spacial score (nSPS) is 10.3. The van der Waals surface area contributed by atoms with Gasteiger partial charge in [-0.25, -0.2) is 0 Å². The van der Waals surface area contributed by atoms with Crippen LogP contribution in [0.4, 0.5) is 0 Å². The minimum Gasteiger partial charge on any atom is -0.487 e. The van der Waals surface area contributed by atoms with Crippen molar-refractivity contribution in [1.82, 2.24) is 0 Å². The zero-order chi connectivity index (χ0) is 12.3. The highest BCUT2D eigenvalue weighted by atomic mass is 79.9. The van der Waals surface area contributed by atoms with E-state index in [1.165, 1.54) is 0 Å². The van der Waals surface area contributed by atoms with Crippen molar-refractivity contribution in [1.29, 1.82) is 0 Å². The summed E-state index contributed by atoms with van der Waals surface area (Å²) in [5.41, 5.74) is 1.15. The second kappa shape index (κ2) is 6.03. The maximum absolute atomic E-state index is 5.79. The largest absolute Gasteiger partial charge is 0.487 e. The van der Waals surface area contributed by atoms with Crippen LogP contribution in [0, 0.1) is 0 Å². The number of benzene rings is 2. The molecule has 0 spiro atoms. The van der Waals surface area contributed by atoms with Crippen molar-refractivity contribution in [3.8, 4) is 5.75 Å². The van der Waals surface area contributed by atoms with Crippen molar-refractivity contribution < 1.29 is 4.74 Å². The lowest BCUT2D eigenvalue weighted by Crippen LogP contribution is -1.96. The molecule has 2 aromatic carbocycles. The van der Waals surface area contributed by atoms with Gasteiger partial charge in [0.05, 0.1) is 8.95 Å². The molecule has 88 valence electrons. The summed E-state index contributed by atoms with van der Waals surface area (Å²) in [6.45, 7) is 0.555. The Kier molecular flexibility index (Phi) is 4.65. The van der Waals surface area contributed by atoms with E-state index in [9.17, 15) is 0 Å². The number of halogens is 3. The van der Waals surface area contributed by atoms with E-state index in [-0.39, 0.29) is 0 Å². The minimum atomic E-state index is 0.555. The van der Waals surface area contributed by atoms with E-state index in [0.29, 0.717) is 6.61 Å². The standard InChI is InChI=1S/C13H9Br3O/c14-10-6-11(15)13(12(16)7-10)17-8-9-4-2-1-3-5-9/h1-7H,8H2. The van der Waals surface area contributed by atoms with Crippen molar-refractivity contribution in [2.45, 2.75) is 6.61 Å². The summed E-state index contributed by atoms with van der Waals surface area (Å²) >= 11 is 10.4. The highest BCUT2D eigenvalue weighted by molar-refractivity contribution is 9.11. The van der Waals surface area contributed by atoms with E-state index in [2.05, 4.69) is 47.8 Å². The van der Waals surface area contributed by atoms with Gasteiger partial charge in [0, 0.05) is 4.47 Å². The average molecular weight is 421 g/mol. The Morgan fingerprint density at radius 3 is 2.06 bits per heavy atom.